The molecule has 27 heavy (non-hydrogen) atoms. The standard InChI is InChI=1S/C18H20N2O7/c1-10-14(17(21)22)16(12-5-4-6-13(9-12)20(25)26)15(18(23)24)11(2)19(10)7-8-27-3/h4-6,9,16H,7-8H2,1-3H3,(H,21,22)(H,23,24). The van der Waals surface area contributed by atoms with E-state index >= 15 is 0 Å². The predicted molar refractivity (Wildman–Crippen MR) is 95.1 cm³/mol. The molecule has 0 fully saturated rings. The van der Waals surface area contributed by atoms with E-state index in [1.54, 1.807) is 18.7 Å². The number of aliphatic carboxylic acids is 2. The second-order valence-corrected chi connectivity index (χ2v) is 6.04. The van der Waals surface area contributed by atoms with Gasteiger partial charge in [0.2, 0.25) is 0 Å². The Bertz CT molecular complexity index is 819. The number of hydrogen-bond acceptors (Lipinski definition) is 6. The van der Waals surface area contributed by atoms with Crippen molar-refractivity contribution >= 4 is 17.6 Å². The molecule has 2 rings (SSSR count). The molecule has 1 aliphatic heterocycles. The van der Waals surface area contributed by atoms with Crippen molar-refractivity contribution in [2.24, 2.45) is 0 Å². The number of methoxy groups -OCH3 is 1. The van der Waals surface area contributed by atoms with E-state index in [9.17, 15) is 29.9 Å². The number of allylic oxidation sites excluding steroid dienone is 2. The molecule has 0 radical (unpaired) electrons. The van der Waals surface area contributed by atoms with Crippen molar-refractivity contribution in [3.8, 4) is 0 Å². The Morgan fingerprint density at radius 2 is 1.74 bits per heavy atom. The fourth-order valence-corrected chi connectivity index (χ4v) is 3.33. The minimum Gasteiger partial charge on any atom is -0.478 e. The van der Waals surface area contributed by atoms with Gasteiger partial charge in [-0.05, 0) is 19.4 Å². The number of ether oxygens (including phenoxy) is 1. The first-order chi connectivity index (χ1) is 12.7. The van der Waals surface area contributed by atoms with Crippen molar-refractivity contribution in [2.75, 3.05) is 20.3 Å². The maximum atomic E-state index is 12.0. The van der Waals surface area contributed by atoms with E-state index in [1.165, 1.54) is 31.4 Å². The van der Waals surface area contributed by atoms with Crippen molar-refractivity contribution in [1.82, 2.24) is 4.90 Å². The van der Waals surface area contributed by atoms with Gasteiger partial charge in [-0.1, -0.05) is 12.1 Å². The molecule has 1 aliphatic rings. The minimum atomic E-state index is -1.28. The van der Waals surface area contributed by atoms with Gasteiger partial charge in [-0.2, -0.15) is 0 Å². The number of benzene rings is 1. The maximum absolute atomic E-state index is 12.0. The Morgan fingerprint density at radius 1 is 1.19 bits per heavy atom. The van der Waals surface area contributed by atoms with E-state index in [-0.39, 0.29) is 35.5 Å². The van der Waals surface area contributed by atoms with Crippen LogP contribution in [0.2, 0.25) is 0 Å². The maximum Gasteiger partial charge on any atom is 0.334 e. The van der Waals surface area contributed by atoms with Crippen LogP contribution in [-0.4, -0.2) is 52.2 Å². The van der Waals surface area contributed by atoms with Gasteiger partial charge in [-0.25, -0.2) is 9.59 Å². The molecule has 144 valence electrons. The summed E-state index contributed by atoms with van der Waals surface area (Å²) in [6.45, 7) is 3.73. The molecule has 0 aromatic heterocycles. The van der Waals surface area contributed by atoms with Crippen LogP contribution in [-0.2, 0) is 14.3 Å². The van der Waals surface area contributed by atoms with Crippen molar-refractivity contribution in [3.05, 3.63) is 62.5 Å². The lowest BCUT2D eigenvalue weighted by Gasteiger charge is -2.36. The number of nitro benzene ring substituents is 1. The molecule has 0 aliphatic carbocycles. The molecule has 0 amide bonds. The highest BCUT2D eigenvalue weighted by Gasteiger charge is 2.39. The fourth-order valence-electron chi connectivity index (χ4n) is 3.33. The van der Waals surface area contributed by atoms with E-state index in [0.29, 0.717) is 11.4 Å². The Labute approximate surface area is 155 Å². The zero-order chi connectivity index (χ0) is 20.3. The van der Waals surface area contributed by atoms with Gasteiger partial charge in [-0.15, -0.1) is 0 Å². The number of carbonyl (C=O) groups is 2. The number of hydrogen-bond donors (Lipinski definition) is 2. The summed E-state index contributed by atoms with van der Waals surface area (Å²) in [7, 11) is 1.49. The van der Waals surface area contributed by atoms with Crippen LogP contribution in [0.4, 0.5) is 5.69 Å². The number of carboxylic acids is 2. The summed E-state index contributed by atoms with van der Waals surface area (Å²) in [5.74, 6) is -3.69. The number of rotatable bonds is 7. The number of non-ortho nitro benzene ring substituents is 1. The zero-order valence-electron chi connectivity index (χ0n) is 15.1. The van der Waals surface area contributed by atoms with Gasteiger partial charge in [0.15, 0.2) is 0 Å². The molecule has 1 aromatic rings. The van der Waals surface area contributed by atoms with Crippen LogP contribution in [0.3, 0.4) is 0 Å². The monoisotopic (exact) mass is 376 g/mol. The second-order valence-electron chi connectivity index (χ2n) is 6.04. The first-order valence-corrected chi connectivity index (χ1v) is 8.09. The van der Waals surface area contributed by atoms with Gasteiger partial charge < -0.3 is 19.8 Å². The third-order valence-corrected chi connectivity index (χ3v) is 4.56. The second kappa shape index (κ2) is 8.00. The Kier molecular flexibility index (Phi) is 5.96. The number of carboxylic acid groups (broad SMARTS) is 2. The number of nitro groups is 1. The molecule has 9 nitrogen and oxygen atoms in total. The topological polar surface area (TPSA) is 130 Å². The van der Waals surface area contributed by atoms with Crippen molar-refractivity contribution < 1.29 is 29.5 Å². The lowest BCUT2D eigenvalue weighted by Crippen LogP contribution is -2.36. The lowest BCUT2D eigenvalue weighted by molar-refractivity contribution is -0.384. The molecule has 0 atom stereocenters. The molecular weight excluding hydrogens is 356 g/mol. The van der Waals surface area contributed by atoms with Crippen LogP contribution in [0, 0.1) is 10.1 Å². The molecule has 9 heteroatoms. The molecule has 0 saturated carbocycles. The van der Waals surface area contributed by atoms with Crippen molar-refractivity contribution in [3.63, 3.8) is 0 Å². The van der Waals surface area contributed by atoms with Crippen LogP contribution in [0.5, 0.6) is 0 Å². The fraction of sp³-hybridized carbons (Fsp3) is 0.333. The Morgan fingerprint density at radius 3 is 2.19 bits per heavy atom. The quantitative estimate of drug-likeness (QED) is 0.548. The Balaban J connectivity index is 2.73. The van der Waals surface area contributed by atoms with E-state index in [1.807, 2.05) is 0 Å². The van der Waals surface area contributed by atoms with Crippen LogP contribution < -0.4 is 0 Å². The summed E-state index contributed by atoms with van der Waals surface area (Å²) in [5, 5.41) is 30.7. The van der Waals surface area contributed by atoms with Crippen LogP contribution >= 0.6 is 0 Å². The average molecular weight is 376 g/mol. The number of nitrogens with zero attached hydrogens (tertiary/aromatic N) is 2. The minimum absolute atomic E-state index is 0.130. The Hall–Kier alpha value is -3.20. The summed E-state index contributed by atoms with van der Waals surface area (Å²) in [4.78, 5) is 36.1. The summed E-state index contributed by atoms with van der Waals surface area (Å²) in [5.41, 5.74) is 0.490. The largest absolute Gasteiger partial charge is 0.478 e. The highest BCUT2D eigenvalue weighted by molar-refractivity contribution is 5.98. The van der Waals surface area contributed by atoms with Gasteiger partial charge in [-0.3, -0.25) is 10.1 Å². The molecule has 0 saturated heterocycles. The normalized spacial score (nSPS) is 15.3. The van der Waals surface area contributed by atoms with Crippen LogP contribution in [0.25, 0.3) is 0 Å². The summed E-state index contributed by atoms with van der Waals surface area (Å²) in [6, 6.07) is 5.39. The summed E-state index contributed by atoms with van der Waals surface area (Å²) in [6.07, 6.45) is 0. The SMILES string of the molecule is COCCN1C(C)=C(C(=O)O)C(c2cccc([N+](=O)[O-])c2)C(C(=O)O)=C1C. The van der Waals surface area contributed by atoms with Gasteiger partial charge >= 0.3 is 11.9 Å². The smallest absolute Gasteiger partial charge is 0.334 e. The van der Waals surface area contributed by atoms with Gasteiger partial charge in [0.05, 0.1) is 28.6 Å². The third-order valence-electron chi connectivity index (χ3n) is 4.56. The van der Waals surface area contributed by atoms with Gasteiger partial charge in [0, 0.05) is 37.2 Å². The van der Waals surface area contributed by atoms with E-state index in [0.717, 1.165) is 0 Å². The van der Waals surface area contributed by atoms with Crippen LogP contribution in [0.1, 0.15) is 25.3 Å². The third kappa shape index (κ3) is 3.82. The molecule has 0 spiro atoms. The van der Waals surface area contributed by atoms with E-state index < -0.39 is 22.8 Å². The lowest BCUT2D eigenvalue weighted by atomic mass is 9.79. The first kappa shape index (κ1) is 20.1. The molecular formula is C18H20N2O7. The van der Waals surface area contributed by atoms with Crippen molar-refractivity contribution in [1.29, 1.82) is 0 Å². The van der Waals surface area contributed by atoms with E-state index in [2.05, 4.69) is 0 Å². The molecule has 0 unspecified atom stereocenters. The van der Waals surface area contributed by atoms with E-state index in [4.69, 9.17) is 4.74 Å². The molecule has 1 aromatic carbocycles. The first-order valence-electron chi connectivity index (χ1n) is 8.09. The molecule has 2 N–H and O–H groups in total. The van der Waals surface area contributed by atoms with Gasteiger partial charge in [0.25, 0.3) is 5.69 Å². The summed E-state index contributed by atoms with van der Waals surface area (Å²) >= 11 is 0. The highest BCUT2D eigenvalue weighted by atomic mass is 16.6. The zero-order valence-corrected chi connectivity index (χ0v) is 15.1. The average Bonchev–Trinajstić information content (AvgIpc) is 2.60. The summed E-state index contributed by atoms with van der Waals surface area (Å²) < 4.78 is 5.03. The molecule has 1 heterocycles. The van der Waals surface area contributed by atoms with Crippen molar-refractivity contribution in [2.45, 2.75) is 19.8 Å². The predicted octanol–water partition coefficient (Wildman–Crippen LogP) is 2.36. The van der Waals surface area contributed by atoms with Crippen LogP contribution in [0.15, 0.2) is 46.8 Å². The molecule has 0 bridgehead atoms. The highest BCUT2D eigenvalue weighted by Crippen LogP contribution is 2.42. The van der Waals surface area contributed by atoms with Gasteiger partial charge in [0.1, 0.15) is 0 Å².